The van der Waals surface area contributed by atoms with E-state index < -0.39 is 43.8 Å². The summed E-state index contributed by atoms with van der Waals surface area (Å²) in [6.45, 7) is -2.94. The number of hydrogen-bond acceptors (Lipinski definition) is 5. The number of hydrogen-bond donors (Lipinski definition) is 1. The van der Waals surface area contributed by atoms with Gasteiger partial charge in [-0.1, -0.05) is 0 Å². The molecule has 0 amide bonds. The van der Waals surface area contributed by atoms with Crippen LogP contribution in [0, 0.1) is 0 Å². The van der Waals surface area contributed by atoms with Crippen molar-refractivity contribution in [1.82, 2.24) is 0 Å². The monoisotopic (exact) mass is 387 g/mol. The van der Waals surface area contributed by atoms with E-state index in [9.17, 15) is 43.9 Å². The van der Waals surface area contributed by atoms with Crippen LogP contribution < -0.4 is 5.73 Å². The molecule has 0 aliphatic rings. The largest absolute Gasteiger partial charge is 0.453 e. The minimum atomic E-state index is -6.59. The second-order valence-electron chi connectivity index (χ2n) is 3.95. The molecule has 2 N–H and O–H groups in total. The highest BCUT2D eigenvalue weighted by Gasteiger charge is 2.72. The van der Waals surface area contributed by atoms with Crippen LogP contribution in [-0.2, 0) is 18.9 Å². The van der Waals surface area contributed by atoms with E-state index in [1.807, 2.05) is 4.74 Å². The molecule has 0 spiro atoms. The lowest BCUT2D eigenvalue weighted by Gasteiger charge is -2.32. The van der Waals surface area contributed by atoms with Crippen molar-refractivity contribution in [2.75, 3.05) is 26.9 Å². The highest BCUT2D eigenvalue weighted by molar-refractivity contribution is 4.75. The van der Waals surface area contributed by atoms with Crippen molar-refractivity contribution in [2.45, 2.75) is 30.5 Å². The highest BCUT2D eigenvalue weighted by Crippen LogP contribution is 2.47. The molecule has 0 bridgehead atoms. The van der Waals surface area contributed by atoms with Crippen LogP contribution in [0.2, 0.25) is 0 Å². The van der Waals surface area contributed by atoms with Crippen molar-refractivity contribution in [1.29, 1.82) is 0 Å². The molecule has 0 aliphatic carbocycles. The molecule has 5 nitrogen and oxygen atoms in total. The zero-order valence-corrected chi connectivity index (χ0v) is 11.6. The summed E-state index contributed by atoms with van der Waals surface area (Å²) in [6, 6.07) is 0. The number of rotatable bonds is 11. The maximum Gasteiger partial charge on any atom is 0.453 e. The molecule has 0 unspecified atom stereocenters. The Morgan fingerprint density at radius 3 is 1.54 bits per heavy atom. The lowest BCUT2D eigenvalue weighted by molar-refractivity contribution is -0.544. The minimum Gasteiger partial charge on any atom is -0.371 e. The molecular weight excluding hydrogens is 376 g/mol. The van der Waals surface area contributed by atoms with Crippen LogP contribution in [0.1, 0.15) is 0 Å². The summed E-state index contributed by atoms with van der Waals surface area (Å²) in [7, 11) is -0.0764. The zero-order valence-electron chi connectivity index (χ0n) is 11.6. The molecule has 15 heteroatoms. The SMILES string of the molecule is COC(F)(F)C(F)(F)OC(F)(F)C(F)(F)OC(F)(F)COCCN. The van der Waals surface area contributed by atoms with E-state index in [0.29, 0.717) is 0 Å². The Bertz CT molecular complexity index is 406. The van der Waals surface area contributed by atoms with Crippen LogP contribution in [0.3, 0.4) is 0 Å². The first-order valence-corrected chi connectivity index (χ1v) is 5.66. The van der Waals surface area contributed by atoms with Crippen LogP contribution >= 0.6 is 0 Å². The van der Waals surface area contributed by atoms with E-state index in [1.54, 1.807) is 0 Å². The van der Waals surface area contributed by atoms with E-state index in [2.05, 4.69) is 14.2 Å². The molecule has 0 aromatic carbocycles. The van der Waals surface area contributed by atoms with E-state index in [-0.39, 0.29) is 13.7 Å². The normalized spacial score (nSPS) is 15.0. The van der Waals surface area contributed by atoms with Gasteiger partial charge in [0.05, 0.1) is 6.61 Å². The van der Waals surface area contributed by atoms with Crippen molar-refractivity contribution in [3.8, 4) is 0 Å². The Morgan fingerprint density at radius 2 is 1.12 bits per heavy atom. The number of ether oxygens (including phenoxy) is 4. The molecule has 0 rings (SSSR count). The van der Waals surface area contributed by atoms with Crippen LogP contribution in [0.5, 0.6) is 0 Å². The fraction of sp³-hybridized carbons (Fsp3) is 1.00. The quantitative estimate of drug-likeness (QED) is 0.436. The van der Waals surface area contributed by atoms with Gasteiger partial charge in [0.25, 0.3) is 0 Å². The van der Waals surface area contributed by atoms with E-state index in [0.717, 1.165) is 0 Å². The Labute approximate surface area is 127 Å². The van der Waals surface area contributed by atoms with Gasteiger partial charge >= 0.3 is 30.5 Å². The summed E-state index contributed by atoms with van der Waals surface area (Å²) >= 11 is 0. The first-order chi connectivity index (χ1) is 10.5. The van der Waals surface area contributed by atoms with Gasteiger partial charge in [-0.15, -0.1) is 0 Å². The fourth-order valence-corrected chi connectivity index (χ4v) is 0.949. The third kappa shape index (κ3) is 5.87. The molecule has 0 heterocycles. The van der Waals surface area contributed by atoms with Crippen molar-refractivity contribution in [2.24, 2.45) is 5.73 Å². The average Bonchev–Trinajstić information content (AvgIpc) is 2.35. The Hall–Kier alpha value is -0.900. The minimum absolute atomic E-state index is 0.0764. The Kier molecular flexibility index (Phi) is 7.27. The van der Waals surface area contributed by atoms with Gasteiger partial charge in [0.15, 0.2) is 0 Å². The maximum absolute atomic E-state index is 13.0. The summed E-state index contributed by atoms with van der Waals surface area (Å²) < 4.78 is 139. The van der Waals surface area contributed by atoms with E-state index in [4.69, 9.17) is 5.73 Å². The summed E-state index contributed by atoms with van der Waals surface area (Å²) in [5, 5.41) is 0. The van der Waals surface area contributed by atoms with Gasteiger partial charge < -0.3 is 15.2 Å². The number of nitrogens with two attached hydrogens (primary N) is 1. The van der Waals surface area contributed by atoms with Crippen molar-refractivity contribution in [3.05, 3.63) is 0 Å². The third-order valence-electron chi connectivity index (χ3n) is 2.00. The topological polar surface area (TPSA) is 62.9 Å². The third-order valence-corrected chi connectivity index (χ3v) is 2.00. The van der Waals surface area contributed by atoms with E-state index in [1.165, 1.54) is 0 Å². The van der Waals surface area contributed by atoms with Gasteiger partial charge in [0, 0.05) is 13.7 Å². The summed E-state index contributed by atoms with van der Waals surface area (Å²) in [5.74, 6) is 0. The average molecular weight is 387 g/mol. The molecule has 0 saturated carbocycles. The number of halogens is 10. The number of methoxy groups -OCH3 is 1. The van der Waals surface area contributed by atoms with Gasteiger partial charge in [0.1, 0.15) is 6.61 Å². The summed E-state index contributed by atoms with van der Waals surface area (Å²) in [4.78, 5) is 0. The van der Waals surface area contributed by atoms with Crippen molar-refractivity contribution >= 4 is 0 Å². The van der Waals surface area contributed by atoms with Gasteiger partial charge in [-0.3, -0.25) is 0 Å². The Morgan fingerprint density at radius 1 is 0.708 bits per heavy atom. The van der Waals surface area contributed by atoms with Crippen LogP contribution in [0.4, 0.5) is 43.9 Å². The van der Waals surface area contributed by atoms with Crippen LogP contribution in [-0.4, -0.2) is 57.4 Å². The Balaban J connectivity index is 5.17. The molecule has 146 valence electrons. The standard InChI is InChI=1S/C9H11F10NO4/c1-21-6(12,13)7(14,15)24-9(18,19)8(16,17)23-5(10,11)4-22-3-2-20/h2-4,20H2,1H3. The molecule has 0 aliphatic heterocycles. The molecular formula is C9H11F10NO4. The highest BCUT2D eigenvalue weighted by atomic mass is 19.4. The van der Waals surface area contributed by atoms with Gasteiger partial charge in [-0.05, 0) is 0 Å². The fourth-order valence-electron chi connectivity index (χ4n) is 0.949. The molecule has 0 radical (unpaired) electrons. The van der Waals surface area contributed by atoms with Crippen LogP contribution in [0.25, 0.3) is 0 Å². The first-order valence-electron chi connectivity index (χ1n) is 5.66. The zero-order chi connectivity index (χ0) is 19.4. The molecule has 0 saturated heterocycles. The van der Waals surface area contributed by atoms with Crippen molar-refractivity contribution in [3.63, 3.8) is 0 Å². The predicted octanol–water partition coefficient (Wildman–Crippen LogP) is 2.61. The first kappa shape index (κ1) is 23.1. The summed E-state index contributed by atoms with van der Waals surface area (Å²) in [6.07, 6.45) is -30.2. The van der Waals surface area contributed by atoms with Gasteiger partial charge in [-0.2, -0.15) is 43.9 Å². The second-order valence-corrected chi connectivity index (χ2v) is 3.95. The molecule has 0 aromatic rings. The molecule has 0 atom stereocenters. The summed E-state index contributed by atoms with van der Waals surface area (Å²) in [5.41, 5.74) is 4.81. The van der Waals surface area contributed by atoms with Gasteiger partial charge in [0.2, 0.25) is 0 Å². The smallest absolute Gasteiger partial charge is 0.371 e. The predicted molar refractivity (Wildman–Crippen MR) is 53.8 cm³/mol. The lowest BCUT2D eigenvalue weighted by Crippen LogP contribution is -2.56. The lowest BCUT2D eigenvalue weighted by atomic mass is 10.5. The second kappa shape index (κ2) is 7.55. The van der Waals surface area contributed by atoms with Gasteiger partial charge in [-0.25, -0.2) is 9.47 Å². The van der Waals surface area contributed by atoms with Crippen molar-refractivity contribution < 1.29 is 62.9 Å². The maximum atomic E-state index is 13.0. The number of alkyl halides is 10. The van der Waals surface area contributed by atoms with E-state index >= 15 is 0 Å². The molecule has 24 heavy (non-hydrogen) atoms. The molecule has 0 aromatic heterocycles. The molecule has 0 fully saturated rings. The van der Waals surface area contributed by atoms with Crippen LogP contribution in [0.15, 0.2) is 0 Å².